The number of ketones is 1. The van der Waals surface area contributed by atoms with Crippen molar-refractivity contribution < 1.29 is 14.8 Å². The lowest BCUT2D eigenvalue weighted by atomic mass is 10.0. The van der Waals surface area contributed by atoms with E-state index in [0.717, 1.165) is 12.1 Å². The van der Waals surface area contributed by atoms with Gasteiger partial charge in [0.25, 0.3) is 11.2 Å². The molecule has 9 heteroatoms. The topological polar surface area (TPSA) is 115 Å². The van der Waals surface area contributed by atoms with Crippen molar-refractivity contribution in [2.24, 2.45) is 0 Å². The van der Waals surface area contributed by atoms with Gasteiger partial charge in [-0.15, -0.1) is 0 Å². The quantitative estimate of drug-likeness (QED) is 0.275. The van der Waals surface area contributed by atoms with Crippen LogP contribution in [0.2, 0.25) is 5.02 Å². The highest BCUT2D eigenvalue weighted by atomic mass is 35.5. The van der Waals surface area contributed by atoms with Gasteiger partial charge < -0.3 is 5.11 Å². The predicted octanol–water partition coefficient (Wildman–Crippen LogP) is 4.40. The highest BCUT2D eigenvalue weighted by molar-refractivity contribution is 6.31. The molecule has 158 valence electrons. The molecule has 0 radical (unpaired) electrons. The number of carbonyl (C=O) groups excluding carboxylic acids is 1. The second-order valence-electron chi connectivity index (χ2n) is 6.72. The molecule has 4 rings (SSSR count). The average molecular weight is 448 g/mol. The summed E-state index contributed by atoms with van der Waals surface area (Å²) in [5.74, 6) is -1.75. The number of rotatable bonds is 5. The highest BCUT2D eigenvalue weighted by Gasteiger charge is 2.29. The van der Waals surface area contributed by atoms with Crippen LogP contribution in [0, 0.1) is 10.1 Å². The molecule has 0 spiro atoms. The first-order valence-electron chi connectivity index (χ1n) is 9.34. The van der Waals surface area contributed by atoms with Gasteiger partial charge in [-0.3, -0.25) is 24.3 Å². The number of nitro groups is 1. The van der Waals surface area contributed by atoms with E-state index in [2.05, 4.69) is 4.98 Å². The number of para-hydroxylation sites is 1. The number of nitro benzene ring substituents is 1. The highest BCUT2D eigenvalue weighted by Crippen LogP contribution is 2.28. The maximum Gasteiger partial charge on any atom is 0.282 e. The molecule has 0 aliphatic rings. The van der Waals surface area contributed by atoms with Gasteiger partial charge in [-0.1, -0.05) is 60.1 Å². The molecule has 1 aromatic heterocycles. The van der Waals surface area contributed by atoms with E-state index >= 15 is 0 Å². The zero-order valence-electron chi connectivity index (χ0n) is 16.3. The van der Waals surface area contributed by atoms with Crippen LogP contribution >= 0.6 is 11.6 Å². The summed E-state index contributed by atoms with van der Waals surface area (Å²) >= 11 is 5.82. The number of aromatic hydroxyl groups is 1. The maximum atomic E-state index is 13.5. The molecule has 0 amide bonds. The van der Waals surface area contributed by atoms with Crippen molar-refractivity contribution in [1.29, 1.82) is 0 Å². The van der Waals surface area contributed by atoms with E-state index in [1.165, 1.54) is 10.6 Å². The summed E-state index contributed by atoms with van der Waals surface area (Å²) in [6.07, 6.45) is 0. The Balaban J connectivity index is 2.01. The van der Waals surface area contributed by atoms with Crippen molar-refractivity contribution in [3.63, 3.8) is 0 Å². The second-order valence-corrected chi connectivity index (χ2v) is 7.16. The Morgan fingerprint density at radius 1 is 1.00 bits per heavy atom. The van der Waals surface area contributed by atoms with Crippen molar-refractivity contribution in [3.8, 4) is 23.0 Å². The summed E-state index contributed by atoms with van der Waals surface area (Å²) in [6.45, 7) is 0. The molecule has 0 atom stereocenters. The first-order valence-corrected chi connectivity index (χ1v) is 9.71. The minimum atomic E-state index is -1.03. The largest absolute Gasteiger partial charge is 0.493 e. The third kappa shape index (κ3) is 3.75. The van der Waals surface area contributed by atoms with E-state index in [4.69, 9.17) is 11.6 Å². The van der Waals surface area contributed by atoms with Crippen molar-refractivity contribution in [2.75, 3.05) is 0 Å². The molecule has 0 aliphatic heterocycles. The predicted molar refractivity (Wildman–Crippen MR) is 118 cm³/mol. The SMILES string of the molecule is O=C(c1ccc(Cl)cc1[N+](=O)[O-])c1c(O)nc(-c2ccccc2)n(-c2ccccc2)c1=O. The van der Waals surface area contributed by atoms with Crippen LogP contribution in [0.3, 0.4) is 0 Å². The second kappa shape index (κ2) is 8.44. The maximum absolute atomic E-state index is 13.5. The Labute approximate surface area is 186 Å². The zero-order chi connectivity index (χ0) is 22.8. The van der Waals surface area contributed by atoms with Crippen LogP contribution in [0.4, 0.5) is 5.69 Å². The number of aromatic nitrogens is 2. The minimum absolute atomic E-state index is 0.0525. The van der Waals surface area contributed by atoms with Crippen LogP contribution in [0.1, 0.15) is 15.9 Å². The van der Waals surface area contributed by atoms with E-state index in [1.807, 2.05) is 0 Å². The lowest BCUT2D eigenvalue weighted by Gasteiger charge is -2.15. The number of hydrogen-bond acceptors (Lipinski definition) is 6. The zero-order valence-corrected chi connectivity index (χ0v) is 17.1. The van der Waals surface area contributed by atoms with Crippen molar-refractivity contribution >= 4 is 23.1 Å². The fraction of sp³-hybridized carbons (Fsp3) is 0. The summed E-state index contributed by atoms with van der Waals surface area (Å²) in [5.41, 5.74) is -1.58. The molecule has 0 saturated heterocycles. The van der Waals surface area contributed by atoms with Crippen LogP contribution in [0.25, 0.3) is 17.1 Å². The van der Waals surface area contributed by atoms with E-state index in [1.54, 1.807) is 60.7 Å². The molecule has 0 unspecified atom stereocenters. The summed E-state index contributed by atoms with van der Waals surface area (Å²) in [5, 5.41) is 22.1. The van der Waals surface area contributed by atoms with Crippen molar-refractivity contribution in [3.05, 3.63) is 115 Å². The van der Waals surface area contributed by atoms with Crippen molar-refractivity contribution in [2.45, 2.75) is 0 Å². The molecular weight excluding hydrogens is 434 g/mol. The van der Waals surface area contributed by atoms with E-state index in [9.17, 15) is 24.8 Å². The first-order chi connectivity index (χ1) is 15.4. The fourth-order valence-corrected chi connectivity index (χ4v) is 3.45. The summed E-state index contributed by atoms with van der Waals surface area (Å²) in [6, 6.07) is 20.6. The van der Waals surface area contributed by atoms with Gasteiger partial charge in [-0.2, -0.15) is 4.98 Å². The lowest BCUT2D eigenvalue weighted by molar-refractivity contribution is -0.385. The first kappa shape index (κ1) is 21.0. The normalized spacial score (nSPS) is 10.7. The van der Waals surface area contributed by atoms with E-state index in [-0.39, 0.29) is 16.4 Å². The van der Waals surface area contributed by atoms with Crippen LogP contribution in [-0.4, -0.2) is 25.4 Å². The molecule has 0 bridgehead atoms. The Morgan fingerprint density at radius 3 is 2.25 bits per heavy atom. The Morgan fingerprint density at radius 2 is 1.62 bits per heavy atom. The molecule has 8 nitrogen and oxygen atoms in total. The number of carbonyl (C=O) groups is 1. The van der Waals surface area contributed by atoms with Crippen molar-refractivity contribution in [1.82, 2.24) is 9.55 Å². The van der Waals surface area contributed by atoms with Gasteiger partial charge in [0.1, 0.15) is 5.56 Å². The number of nitrogens with zero attached hydrogens (tertiary/aromatic N) is 3. The van der Waals surface area contributed by atoms with Crippen LogP contribution < -0.4 is 5.56 Å². The molecule has 1 heterocycles. The van der Waals surface area contributed by atoms with Gasteiger partial charge in [-0.25, -0.2) is 0 Å². The van der Waals surface area contributed by atoms with Crippen LogP contribution in [0.5, 0.6) is 5.88 Å². The third-order valence-corrected chi connectivity index (χ3v) is 4.97. The number of halogens is 1. The van der Waals surface area contributed by atoms with Gasteiger partial charge >= 0.3 is 0 Å². The van der Waals surface area contributed by atoms with Gasteiger partial charge in [0.15, 0.2) is 11.4 Å². The monoisotopic (exact) mass is 447 g/mol. The van der Waals surface area contributed by atoms with Crippen LogP contribution in [-0.2, 0) is 0 Å². The number of hydrogen-bond donors (Lipinski definition) is 1. The lowest BCUT2D eigenvalue weighted by Crippen LogP contribution is -2.28. The molecule has 3 aromatic carbocycles. The molecule has 0 aliphatic carbocycles. The van der Waals surface area contributed by atoms with E-state index < -0.39 is 33.4 Å². The Kier molecular flexibility index (Phi) is 5.53. The molecule has 0 fully saturated rings. The van der Waals surface area contributed by atoms with E-state index in [0.29, 0.717) is 11.3 Å². The van der Waals surface area contributed by atoms with Gasteiger partial charge in [0.05, 0.1) is 10.6 Å². The van der Waals surface area contributed by atoms with Crippen LogP contribution in [0.15, 0.2) is 83.7 Å². The summed E-state index contributed by atoms with van der Waals surface area (Å²) in [4.78, 5) is 41.5. The number of benzene rings is 3. The average Bonchev–Trinajstić information content (AvgIpc) is 2.79. The Hall–Kier alpha value is -4.30. The molecule has 32 heavy (non-hydrogen) atoms. The Bertz CT molecular complexity index is 1400. The standard InChI is InChI=1S/C23H14ClN3O5/c24-15-11-12-17(18(13-15)27(31)32)20(28)19-22(29)25-21(14-7-3-1-4-8-14)26(23(19)30)16-9-5-2-6-10-16/h1-13,29H. The minimum Gasteiger partial charge on any atom is -0.493 e. The fourth-order valence-electron chi connectivity index (χ4n) is 3.29. The molecular formula is C23H14ClN3O5. The third-order valence-electron chi connectivity index (χ3n) is 4.74. The molecule has 0 saturated carbocycles. The van der Waals surface area contributed by atoms with Gasteiger partial charge in [0.2, 0.25) is 11.7 Å². The summed E-state index contributed by atoms with van der Waals surface area (Å²) < 4.78 is 1.18. The van der Waals surface area contributed by atoms with Gasteiger partial charge in [0, 0.05) is 16.7 Å². The smallest absolute Gasteiger partial charge is 0.282 e. The molecule has 1 N–H and O–H groups in total. The molecule has 4 aromatic rings. The summed E-state index contributed by atoms with van der Waals surface area (Å²) in [7, 11) is 0. The van der Waals surface area contributed by atoms with Gasteiger partial charge in [-0.05, 0) is 24.3 Å².